The number of carboxylic acid groups (broad SMARTS) is 1. The predicted molar refractivity (Wildman–Crippen MR) is 68.4 cm³/mol. The van der Waals surface area contributed by atoms with Crippen LogP contribution in [0.4, 0.5) is 0 Å². The lowest BCUT2D eigenvalue weighted by atomic mass is 10.2. The quantitative estimate of drug-likeness (QED) is 0.843. The third-order valence-corrected chi connectivity index (χ3v) is 2.91. The maximum Gasteiger partial charge on any atom is 0.328 e. The zero-order chi connectivity index (χ0) is 13.1. The summed E-state index contributed by atoms with van der Waals surface area (Å²) in [6.45, 7) is 4.62. The van der Waals surface area contributed by atoms with Crippen LogP contribution in [0.2, 0.25) is 0 Å². The first-order valence-electron chi connectivity index (χ1n) is 5.68. The maximum absolute atomic E-state index is 10.5. The topological polar surface area (TPSA) is 55.4 Å². The zero-order valence-electron chi connectivity index (χ0n) is 10.4. The third kappa shape index (κ3) is 2.53. The lowest BCUT2D eigenvalue weighted by Crippen LogP contribution is -2.02. The second-order valence-corrected chi connectivity index (χ2v) is 4.16. The Balaban J connectivity index is 2.29. The average Bonchev–Trinajstić information content (AvgIpc) is 2.90. The van der Waals surface area contributed by atoms with E-state index >= 15 is 0 Å². The Bertz CT molecular complexity index is 576. The molecule has 2 heterocycles. The highest BCUT2D eigenvalue weighted by atomic mass is 16.4. The molecule has 2 aromatic heterocycles. The van der Waals surface area contributed by atoms with E-state index in [0.717, 1.165) is 28.8 Å². The lowest BCUT2D eigenvalue weighted by molar-refractivity contribution is -0.131. The van der Waals surface area contributed by atoms with Gasteiger partial charge in [0, 0.05) is 17.5 Å². The van der Waals surface area contributed by atoms with Crippen molar-refractivity contribution >= 4 is 12.0 Å². The van der Waals surface area contributed by atoms with Crippen LogP contribution >= 0.6 is 0 Å². The molecule has 0 unspecified atom stereocenters. The van der Waals surface area contributed by atoms with Gasteiger partial charge in [-0.05, 0) is 43.7 Å². The number of aliphatic carboxylic acids is 1. The summed E-state index contributed by atoms with van der Waals surface area (Å²) in [5.74, 6) is -0.0589. The highest BCUT2D eigenvalue weighted by Crippen LogP contribution is 2.18. The molecular weight excluding hydrogens is 230 g/mol. The molecule has 0 bridgehead atoms. The second kappa shape index (κ2) is 4.96. The molecule has 0 saturated heterocycles. The normalized spacial score (nSPS) is 11.2. The highest BCUT2D eigenvalue weighted by molar-refractivity contribution is 5.85. The van der Waals surface area contributed by atoms with E-state index in [4.69, 9.17) is 9.52 Å². The number of hydrogen-bond acceptors (Lipinski definition) is 2. The summed E-state index contributed by atoms with van der Waals surface area (Å²) in [7, 11) is 0. The molecule has 94 valence electrons. The van der Waals surface area contributed by atoms with Gasteiger partial charge in [-0.1, -0.05) is 0 Å². The largest absolute Gasteiger partial charge is 0.478 e. The van der Waals surface area contributed by atoms with Gasteiger partial charge in [-0.25, -0.2) is 4.79 Å². The number of furan rings is 1. The van der Waals surface area contributed by atoms with Gasteiger partial charge in [0.1, 0.15) is 5.76 Å². The van der Waals surface area contributed by atoms with Crippen molar-refractivity contribution < 1.29 is 14.3 Å². The van der Waals surface area contributed by atoms with E-state index in [1.165, 1.54) is 0 Å². The van der Waals surface area contributed by atoms with Crippen LogP contribution in [-0.4, -0.2) is 15.6 Å². The van der Waals surface area contributed by atoms with Crippen molar-refractivity contribution in [3.63, 3.8) is 0 Å². The minimum atomic E-state index is -0.939. The number of hydrogen-bond donors (Lipinski definition) is 1. The summed E-state index contributed by atoms with van der Waals surface area (Å²) in [5.41, 5.74) is 3.02. The Morgan fingerprint density at radius 3 is 2.89 bits per heavy atom. The van der Waals surface area contributed by atoms with E-state index in [-0.39, 0.29) is 0 Å². The van der Waals surface area contributed by atoms with Crippen molar-refractivity contribution in [2.75, 3.05) is 0 Å². The van der Waals surface area contributed by atoms with Crippen molar-refractivity contribution in [3.05, 3.63) is 53.2 Å². The van der Waals surface area contributed by atoms with Crippen LogP contribution in [0.1, 0.15) is 22.7 Å². The molecule has 0 aromatic carbocycles. The Morgan fingerprint density at radius 2 is 2.28 bits per heavy atom. The Morgan fingerprint density at radius 1 is 1.50 bits per heavy atom. The fourth-order valence-corrected chi connectivity index (χ4v) is 1.96. The lowest BCUT2D eigenvalue weighted by Gasteiger charge is -2.07. The molecule has 1 N–H and O–H groups in total. The van der Waals surface area contributed by atoms with E-state index in [9.17, 15) is 4.79 Å². The van der Waals surface area contributed by atoms with Crippen LogP contribution in [0.25, 0.3) is 6.08 Å². The molecule has 0 aliphatic carbocycles. The minimum absolute atomic E-state index is 0.658. The van der Waals surface area contributed by atoms with Crippen LogP contribution < -0.4 is 0 Å². The van der Waals surface area contributed by atoms with Gasteiger partial charge in [0.2, 0.25) is 0 Å². The predicted octanol–water partition coefficient (Wildman–Crippen LogP) is 2.84. The molecule has 2 rings (SSSR count). The van der Waals surface area contributed by atoms with E-state index in [1.807, 2.05) is 32.0 Å². The van der Waals surface area contributed by atoms with Gasteiger partial charge in [-0.3, -0.25) is 0 Å². The molecular formula is C14H15NO3. The van der Waals surface area contributed by atoms with Crippen LogP contribution in [-0.2, 0) is 11.3 Å². The maximum atomic E-state index is 10.5. The SMILES string of the molecule is Cc1cc(/C=C/C(=O)O)c(C)n1Cc1ccco1. The fraction of sp³-hybridized carbons (Fsp3) is 0.214. The number of carbonyl (C=O) groups is 1. The highest BCUT2D eigenvalue weighted by Gasteiger charge is 2.08. The summed E-state index contributed by atoms with van der Waals surface area (Å²) in [5, 5.41) is 8.64. The van der Waals surface area contributed by atoms with Crippen molar-refractivity contribution in [2.45, 2.75) is 20.4 Å². The summed E-state index contributed by atoms with van der Waals surface area (Å²) >= 11 is 0. The number of carboxylic acids is 1. The second-order valence-electron chi connectivity index (χ2n) is 4.16. The van der Waals surface area contributed by atoms with Crippen LogP contribution in [0, 0.1) is 13.8 Å². The number of aromatic nitrogens is 1. The van der Waals surface area contributed by atoms with Gasteiger partial charge in [0.25, 0.3) is 0 Å². The first-order valence-corrected chi connectivity index (χ1v) is 5.68. The minimum Gasteiger partial charge on any atom is -0.478 e. The van der Waals surface area contributed by atoms with Crippen molar-refractivity contribution in [3.8, 4) is 0 Å². The van der Waals surface area contributed by atoms with E-state index in [2.05, 4.69) is 4.57 Å². The monoisotopic (exact) mass is 245 g/mol. The summed E-state index contributed by atoms with van der Waals surface area (Å²) < 4.78 is 7.42. The van der Waals surface area contributed by atoms with E-state index < -0.39 is 5.97 Å². The molecule has 0 fully saturated rings. The zero-order valence-corrected chi connectivity index (χ0v) is 10.4. The van der Waals surface area contributed by atoms with Crippen LogP contribution in [0.3, 0.4) is 0 Å². The van der Waals surface area contributed by atoms with Gasteiger partial charge >= 0.3 is 5.97 Å². The molecule has 0 atom stereocenters. The molecule has 4 heteroatoms. The van der Waals surface area contributed by atoms with Gasteiger partial charge in [-0.2, -0.15) is 0 Å². The molecule has 2 aromatic rings. The van der Waals surface area contributed by atoms with Crippen molar-refractivity contribution in [1.82, 2.24) is 4.57 Å². The number of aryl methyl sites for hydroxylation is 1. The summed E-state index contributed by atoms with van der Waals surface area (Å²) in [6, 6.07) is 5.75. The first kappa shape index (κ1) is 12.2. The molecule has 0 aliphatic rings. The first-order chi connectivity index (χ1) is 8.58. The van der Waals surface area contributed by atoms with E-state index in [0.29, 0.717) is 6.54 Å². The fourth-order valence-electron chi connectivity index (χ4n) is 1.96. The van der Waals surface area contributed by atoms with Crippen molar-refractivity contribution in [2.24, 2.45) is 0 Å². The van der Waals surface area contributed by atoms with Gasteiger partial charge in [0.05, 0.1) is 12.8 Å². The van der Waals surface area contributed by atoms with E-state index in [1.54, 1.807) is 12.3 Å². The number of rotatable bonds is 4. The van der Waals surface area contributed by atoms with Crippen molar-refractivity contribution in [1.29, 1.82) is 0 Å². The Kier molecular flexibility index (Phi) is 3.37. The Hall–Kier alpha value is -2.23. The molecule has 4 nitrogen and oxygen atoms in total. The van der Waals surface area contributed by atoms with Gasteiger partial charge < -0.3 is 14.1 Å². The van der Waals surface area contributed by atoms with Crippen LogP contribution in [0.15, 0.2) is 35.0 Å². The van der Waals surface area contributed by atoms with Crippen LogP contribution in [0.5, 0.6) is 0 Å². The average molecular weight is 245 g/mol. The van der Waals surface area contributed by atoms with Gasteiger partial charge in [-0.15, -0.1) is 0 Å². The van der Waals surface area contributed by atoms with Gasteiger partial charge in [0.15, 0.2) is 0 Å². The third-order valence-electron chi connectivity index (χ3n) is 2.91. The molecule has 0 spiro atoms. The Labute approximate surface area is 105 Å². The molecule has 0 saturated carbocycles. The number of nitrogens with zero attached hydrogens (tertiary/aromatic N) is 1. The molecule has 0 aliphatic heterocycles. The summed E-state index contributed by atoms with van der Waals surface area (Å²) in [4.78, 5) is 10.5. The smallest absolute Gasteiger partial charge is 0.328 e. The standard InChI is InChI=1S/C14H15NO3/c1-10-8-12(5-6-14(16)17)11(2)15(10)9-13-4-3-7-18-13/h3-8H,9H2,1-2H3,(H,16,17)/b6-5+. The summed E-state index contributed by atoms with van der Waals surface area (Å²) in [6.07, 6.45) is 4.41. The molecule has 0 amide bonds. The molecule has 18 heavy (non-hydrogen) atoms. The molecule has 0 radical (unpaired) electrons.